The van der Waals surface area contributed by atoms with Crippen molar-refractivity contribution >= 4 is 5.91 Å². The third-order valence-corrected chi connectivity index (χ3v) is 2.77. The van der Waals surface area contributed by atoms with Gasteiger partial charge in [0.15, 0.2) is 0 Å². The van der Waals surface area contributed by atoms with Crippen molar-refractivity contribution in [3.05, 3.63) is 35.2 Å². The summed E-state index contributed by atoms with van der Waals surface area (Å²) < 4.78 is 5.65. The van der Waals surface area contributed by atoms with Gasteiger partial charge in [-0.15, -0.1) is 10.2 Å². The van der Waals surface area contributed by atoms with Crippen LogP contribution in [0.2, 0.25) is 0 Å². The number of carbonyl (C=O) groups excluding carboxylic acids is 1. The molecule has 7 nitrogen and oxygen atoms in total. The molecule has 7 heteroatoms. The summed E-state index contributed by atoms with van der Waals surface area (Å²) in [5, 5.41) is 12.9. The Kier molecular flexibility index (Phi) is 4.29. The standard InChI is InChI=1S/C13H17N5O2/c1-9-6-10(2)8-11(7-9)20-5-4-18(3)13(19)12-14-16-17-15-12/h6-8H,4-5H2,1-3H3,(H,14,15,16,17). The molecule has 1 amide bonds. The Hall–Kier alpha value is -2.44. The maximum Gasteiger partial charge on any atom is 0.295 e. The number of rotatable bonds is 5. The van der Waals surface area contributed by atoms with E-state index >= 15 is 0 Å². The van der Waals surface area contributed by atoms with Crippen molar-refractivity contribution < 1.29 is 9.53 Å². The summed E-state index contributed by atoms with van der Waals surface area (Å²) in [5.74, 6) is 0.574. The molecule has 2 aromatic rings. The summed E-state index contributed by atoms with van der Waals surface area (Å²) in [6.45, 7) is 4.89. The van der Waals surface area contributed by atoms with E-state index in [-0.39, 0.29) is 11.7 Å². The van der Waals surface area contributed by atoms with Crippen molar-refractivity contribution in [3.63, 3.8) is 0 Å². The van der Waals surface area contributed by atoms with Gasteiger partial charge in [-0.3, -0.25) is 4.79 Å². The molecule has 2 rings (SSSR count). The second-order valence-corrected chi connectivity index (χ2v) is 4.63. The molecular formula is C13H17N5O2. The number of tetrazole rings is 1. The summed E-state index contributed by atoms with van der Waals surface area (Å²) in [5.41, 5.74) is 2.30. The lowest BCUT2D eigenvalue weighted by Crippen LogP contribution is -2.31. The van der Waals surface area contributed by atoms with Crippen molar-refractivity contribution in [2.24, 2.45) is 0 Å². The summed E-state index contributed by atoms with van der Waals surface area (Å²) in [7, 11) is 1.67. The summed E-state index contributed by atoms with van der Waals surface area (Å²) in [6.07, 6.45) is 0. The second-order valence-electron chi connectivity index (χ2n) is 4.63. The fourth-order valence-corrected chi connectivity index (χ4v) is 1.84. The highest BCUT2D eigenvalue weighted by molar-refractivity contribution is 5.89. The number of aromatic nitrogens is 4. The smallest absolute Gasteiger partial charge is 0.295 e. The van der Waals surface area contributed by atoms with E-state index in [1.54, 1.807) is 7.05 Å². The van der Waals surface area contributed by atoms with Gasteiger partial charge in [-0.2, -0.15) is 5.21 Å². The van der Waals surface area contributed by atoms with E-state index in [1.807, 2.05) is 26.0 Å². The molecule has 0 spiro atoms. The number of likely N-dealkylation sites (N-methyl/N-ethyl adjacent to an activating group) is 1. The highest BCUT2D eigenvalue weighted by atomic mass is 16.5. The molecule has 106 valence electrons. The molecule has 0 aliphatic rings. The van der Waals surface area contributed by atoms with E-state index < -0.39 is 0 Å². The number of aromatic amines is 1. The lowest BCUT2D eigenvalue weighted by atomic mass is 10.1. The topological polar surface area (TPSA) is 84.0 Å². The van der Waals surface area contributed by atoms with Crippen molar-refractivity contribution in [1.82, 2.24) is 25.5 Å². The average molecular weight is 275 g/mol. The Bertz CT molecular complexity index is 562. The minimum absolute atomic E-state index is 0.0545. The minimum atomic E-state index is -0.289. The van der Waals surface area contributed by atoms with Gasteiger partial charge in [-0.25, -0.2) is 0 Å². The molecule has 0 fully saturated rings. The summed E-state index contributed by atoms with van der Waals surface area (Å²) in [6, 6.07) is 6.01. The monoisotopic (exact) mass is 275 g/mol. The van der Waals surface area contributed by atoms with Gasteiger partial charge in [-0.1, -0.05) is 6.07 Å². The number of hydrogen-bond donors (Lipinski definition) is 1. The normalized spacial score (nSPS) is 10.3. The maximum absolute atomic E-state index is 11.8. The predicted octanol–water partition coefficient (Wildman–Crippen LogP) is 0.968. The van der Waals surface area contributed by atoms with E-state index in [4.69, 9.17) is 4.74 Å². The molecule has 0 unspecified atom stereocenters. The van der Waals surface area contributed by atoms with Gasteiger partial charge in [0.2, 0.25) is 0 Å². The molecule has 1 aromatic carbocycles. The van der Waals surface area contributed by atoms with E-state index in [2.05, 4.69) is 26.7 Å². The number of aryl methyl sites for hydroxylation is 2. The zero-order chi connectivity index (χ0) is 14.5. The van der Waals surface area contributed by atoms with E-state index in [0.717, 1.165) is 16.9 Å². The number of H-pyrrole nitrogens is 1. The Balaban J connectivity index is 1.85. The Morgan fingerprint density at radius 2 is 2.00 bits per heavy atom. The lowest BCUT2D eigenvalue weighted by Gasteiger charge is -2.15. The first-order valence-corrected chi connectivity index (χ1v) is 6.26. The maximum atomic E-state index is 11.8. The van der Waals surface area contributed by atoms with E-state index in [9.17, 15) is 4.79 Å². The molecule has 0 saturated carbocycles. The van der Waals surface area contributed by atoms with Gasteiger partial charge in [0.25, 0.3) is 11.7 Å². The predicted molar refractivity (Wildman–Crippen MR) is 72.5 cm³/mol. The van der Waals surface area contributed by atoms with Crippen LogP contribution in [-0.2, 0) is 0 Å². The molecule has 0 saturated heterocycles. The molecule has 0 radical (unpaired) electrons. The first-order valence-electron chi connectivity index (χ1n) is 6.26. The van der Waals surface area contributed by atoms with Crippen LogP contribution in [0.4, 0.5) is 0 Å². The van der Waals surface area contributed by atoms with Crippen molar-refractivity contribution in [1.29, 1.82) is 0 Å². The number of benzene rings is 1. The minimum Gasteiger partial charge on any atom is -0.492 e. The van der Waals surface area contributed by atoms with Crippen molar-refractivity contribution in [3.8, 4) is 5.75 Å². The van der Waals surface area contributed by atoms with Crippen LogP contribution in [0.25, 0.3) is 0 Å². The zero-order valence-corrected chi connectivity index (χ0v) is 11.8. The van der Waals surface area contributed by atoms with Crippen LogP contribution in [0.1, 0.15) is 21.7 Å². The quantitative estimate of drug-likeness (QED) is 0.879. The van der Waals surface area contributed by atoms with Crippen molar-refractivity contribution in [2.45, 2.75) is 13.8 Å². The van der Waals surface area contributed by atoms with Crippen molar-refractivity contribution in [2.75, 3.05) is 20.2 Å². The number of hydrogen-bond acceptors (Lipinski definition) is 5. The first kappa shape index (κ1) is 14.0. The summed E-state index contributed by atoms with van der Waals surface area (Å²) in [4.78, 5) is 13.3. The molecule has 0 aliphatic heterocycles. The van der Waals surface area contributed by atoms with Gasteiger partial charge in [0.05, 0.1) is 6.54 Å². The Morgan fingerprint density at radius 3 is 2.60 bits per heavy atom. The molecule has 1 aromatic heterocycles. The highest BCUT2D eigenvalue weighted by Gasteiger charge is 2.15. The van der Waals surface area contributed by atoms with Crippen LogP contribution in [0.15, 0.2) is 18.2 Å². The SMILES string of the molecule is Cc1cc(C)cc(OCCN(C)C(=O)c2nn[nH]n2)c1. The number of nitrogens with zero attached hydrogens (tertiary/aromatic N) is 4. The lowest BCUT2D eigenvalue weighted by molar-refractivity contribution is 0.0762. The van der Waals surface area contributed by atoms with Gasteiger partial charge < -0.3 is 9.64 Å². The number of nitrogens with one attached hydrogen (secondary N) is 1. The highest BCUT2D eigenvalue weighted by Crippen LogP contribution is 2.16. The fraction of sp³-hybridized carbons (Fsp3) is 0.385. The fourth-order valence-electron chi connectivity index (χ4n) is 1.84. The van der Waals surface area contributed by atoms with E-state index in [0.29, 0.717) is 13.2 Å². The third kappa shape index (κ3) is 3.53. The first-order chi connectivity index (χ1) is 9.56. The van der Waals surface area contributed by atoms with Gasteiger partial charge in [0, 0.05) is 7.05 Å². The molecule has 1 heterocycles. The number of ether oxygens (including phenoxy) is 1. The molecule has 0 bridgehead atoms. The Labute approximate surface area is 116 Å². The number of amides is 1. The molecule has 0 aliphatic carbocycles. The van der Waals surface area contributed by atoms with Gasteiger partial charge in [0.1, 0.15) is 12.4 Å². The van der Waals surface area contributed by atoms with Crippen LogP contribution < -0.4 is 4.74 Å². The summed E-state index contributed by atoms with van der Waals surface area (Å²) >= 11 is 0. The molecule has 20 heavy (non-hydrogen) atoms. The third-order valence-electron chi connectivity index (χ3n) is 2.77. The van der Waals surface area contributed by atoms with E-state index in [1.165, 1.54) is 4.90 Å². The Morgan fingerprint density at radius 1 is 1.30 bits per heavy atom. The largest absolute Gasteiger partial charge is 0.492 e. The van der Waals surface area contributed by atoms with Crippen LogP contribution in [0.5, 0.6) is 5.75 Å². The zero-order valence-electron chi connectivity index (χ0n) is 11.8. The molecular weight excluding hydrogens is 258 g/mol. The van der Waals surface area contributed by atoms with Gasteiger partial charge in [-0.05, 0) is 42.3 Å². The molecule has 1 N–H and O–H groups in total. The second kappa shape index (κ2) is 6.14. The van der Waals surface area contributed by atoms with Crippen LogP contribution in [-0.4, -0.2) is 51.6 Å². The van der Waals surface area contributed by atoms with Crippen LogP contribution in [0.3, 0.4) is 0 Å². The van der Waals surface area contributed by atoms with Crippen LogP contribution >= 0.6 is 0 Å². The average Bonchev–Trinajstić information content (AvgIpc) is 2.90. The number of carbonyl (C=O) groups is 1. The van der Waals surface area contributed by atoms with Gasteiger partial charge >= 0.3 is 0 Å². The molecule has 0 atom stereocenters. The van der Waals surface area contributed by atoms with Crippen LogP contribution in [0, 0.1) is 13.8 Å².